The van der Waals surface area contributed by atoms with Crippen molar-refractivity contribution in [3.63, 3.8) is 0 Å². The highest BCUT2D eigenvalue weighted by molar-refractivity contribution is 6.11. The van der Waals surface area contributed by atoms with Gasteiger partial charge in [-0.3, -0.25) is 0 Å². The summed E-state index contributed by atoms with van der Waals surface area (Å²) in [5.74, 6) is 0.790. The topological polar surface area (TPSA) is 53.2 Å². The van der Waals surface area contributed by atoms with Crippen LogP contribution in [0.3, 0.4) is 0 Å². The van der Waals surface area contributed by atoms with E-state index in [0.717, 1.165) is 35.0 Å². The normalized spacial score (nSPS) is 15.9. The molecule has 0 aromatic carbocycles. The van der Waals surface area contributed by atoms with Crippen LogP contribution in [-0.2, 0) is 11.2 Å². The number of aliphatic imine (C=N–C) groups is 1. The van der Waals surface area contributed by atoms with Crippen LogP contribution in [0.2, 0.25) is 0 Å². The molecule has 1 aliphatic rings. The van der Waals surface area contributed by atoms with Crippen LogP contribution in [0.15, 0.2) is 46.9 Å². The second-order valence-corrected chi connectivity index (χ2v) is 5.82. The van der Waals surface area contributed by atoms with Crippen molar-refractivity contribution >= 4 is 11.8 Å². The summed E-state index contributed by atoms with van der Waals surface area (Å²) in [5.41, 5.74) is 6.37. The zero-order chi connectivity index (χ0) is 16.2. The van der Waals surface area contributed by atoms with E-state index in [9.17, 15) is 0 Å². The second kappa shape index (κ2) is 6.73. The van der Waals surface area contributed by atoms with E-state index < -0.39 is 0 Å². The molecule has 0 unspecified atom stereocenters. The van der Waals surface area contributed by atoms with Gasteiger partial charge in [0.15, 0.2) is 0 Å². The maximum atomic E-state index is 5.49. The van der Waals surface area contributed by atoms with E-state index in [2.05, 4.69) is 36.0 Å². The zero-order valence-electron chi connectivity index (χ0n) is 13.9. The Balaban J connectivity index is 1.89. The first-order chi connectivity index (χ1) is 11.2. The fraction of sp³-hybridized carbons (Fsp3) is 0.316. The van der Waals surface area contributed by atoms with Crippen LogP contribution in [0, 0.1) is 6.92 Å². The third-order valence-electron chi connectivity index (χ3n) is 4.05. The molecule has 120 valence electrons. The summed E-state index contributed by atoms with van der Waals surface area (Å²) in [6, 6.07) is 6.20. The molecule has 2 aromatic rings. The third-order valence-corrected chi connectivity index (χ3v) is 4.05. The Kier molecular flexibility index (Phi) is 4.51. The zero-order valence-corrected chi connectivity index (χ0v) is 13.9. The molecular formula is C19H23N3O. The quantitative estimate of drug-likeness (QED) is 0.818. The van der Waals surface area contributed by atoms with Crippen molar-refractivity contribution in [3.8, 4) is 0 Å². The molecule has 0 aliphatic carbocycles. The number of nitrogens with one attached hydrogen (secondary N) is 2. The van der Waals surface area contributed by atoms with Crippen molar-refractivity contribution < 1.29 is 4.74 Å². The lowest BCUT2D eigenvalue weighted by Crippen LogP contribution is -1.93. The Morgan fingerprint density at radius 1 is 1.35 bits per heavy atom. The van der Waals surface area contributed by atoms with Gasteiger partial charge in [0.05, 0.1) is 18.5 Å². The van der Waals surface area contributed by atoms with Gasteiger partial charge in [0.1, 0.15) is 11.5 Å². The molecule has 4 nitrogen and oxygen atoms in total. The average molecular weight is 309 g/mol. The summed E-state index contributed by atoms with van der Waals surface area (Å²) in [6.45, 7) is 4.34. The lowest BCUT2D eigenvalue weighted by molar-refractivity contribution is 0.303. The Morgan fingerprint density at radius 2 is 2.22 bits per heavy atom. The van der Waals surface area contributed by atoms with E-state index in [4.69, 9.17) is 9.73 Å². The second-order valence-electron chi connectivity index (χ2n) is 5.82. The molecule has 0 bridgehead atoms. The number of aryl methyl sites for hydroxylation is 2. The van der Waals surface area contributed by atoms with Crippen LogP contribution in [0.4, 0.5) is 0 Å². The van der Waals surface area contributed by atoms with Crippen molar-refractivity contribution in [1.82, 2.24) is 9.97 Å². The Labute approximate surface area is 137 Å². The van der Waals surface area contributed by atoms with Gasteiger partial charge in [-0.1, -0.05) is 13.3 Å². The average Bonchev–Trinajstić information content (AvgIpc) is 3.26. The van der Waals surface area contributed by atoms with Gasteiger partial charge in [0, 0.05) is 23.7 Å². The van der Waals surface area contributed by atoms with Crippen molar-refractivity contribution in [2.24, 2.45) is 4.99 Å². The van der Waals surface area contributed by atoms with Gasteiger partial charge in [-0.2, -0.15) is 0 Å². The molecular weight excluding hydrogens is 286 g/mol. The SMILES string of the molecule is CCCCc1cc(C)c(C=C2N=C(c3ccc[nH]3)C=C2OC)[nH]1. The lowest BCUT2D eigenvalue weighted by atomic mass is 10.2. The molecule has 0 radical (unpaired) electrons. The van der Waals surface area contributed by atoms with Crippen LogP contribution >= 0.6 is 0 Å². The molecule has 0 saturated heterocycles. The minimum absolute atomic E-state index is 0.790. The smallest absolute Gasteiger partial charge is 0.146 e. The van der Waals surface area contributed by atoms with Gasteiger partial charge in [-0.25, -0.2) is 4.99 Å². The fourth-order valence-corrected chi connectivity index (χ4v) is 2.75. The van der Waals surface area contributed by atoms with E-state index in [0.29, 0.717) is 0 Å². The van der Waals surface area contributed by atoms with Crippen molar-refractivity contribution in [2.75, 3.05) is 7.11 Å². The molecule has 3 rings (SSSR count). The van der Waals surface area contributed by atoms with E-state index in [1.165, 1.54) is 24.1 Å². The van der Waals surface area contributed by atoms with Crippen LogP contribution in [0.1, 0.15) is 42.4 Å². The summed E-state index contributed by atoms with van der Waals surface area (Å²) in [5, 5.41) is 0. The first-order valence-electron chi connectivity index (χ1n) is 8.10. The number of methoxy groups -OCH3 is 1. The van der Waals surface area contributed by atoms with E-state index in [1.807, 2.05) is 24.4 Å². The molecule has 4 heteroatoms. The predicted octanol–water partition coefficient (Wildman–Crippen LogP) is 4.37. The number of unbranched alkanes of at least 4 members (excludes halogenated alkanes) is 1. The molecule has 23 heavy (non-hydrogen) atoms. The molecule has 2 N–H and O–H groups in total. The summed E-state index contributed by atoms with van der Waals surface area (Å²) in [6.07, 6.45) is 9.42. The summed E-state index contributed by atoms with van der Waals surface area (Å²) in [7, 11) is 1.68. The van der Waals surface area contributed by atoms with E-state index in [-0.39, 0.29) is 0 Å². The molecule has 2 aromatic heterocycles. The first kappa shape index (κ1) is 15.4. The van der Waals surface area contributed by atoms with Crippen molar-refractivity contribution in [3.05, 3.63) is 64.6 Å². The van der Waals surface area contributed by atoms with Crippen LogP contribution in [0.25, 0.3) is 6.08 Å². The number of rotatable bonds is 6. The van der Waals surface area contributed by atoms with Crippen LogP contribution in [-0.4, -0.2) is 22.8 Å². The Morgan fingerprint density at radius 3 is 2.91 bits per heavy atom. The highest BCUT2D eigenvalue weighted by Gasteiger charge is 2.17. The van der Waals surface area contributed by atoms with E-state index in [1.54, 1.807) is 7.11 Å². The largest absolute Gasteiger partial charge is 0.494 e. The molecule has 0 amide bonds. The van der Waals surface area contributed by atoms with Gasteiger partial charge in [0.25, 0.3) is 0 Å². The molecule has 0 spiro atoms. The summed E-state index contributed by atoms with van der Waals surface area (Å²) < 4.78 is 5.49. The summed E-state index contributed by atoms with van der Waals surface area (Å²) >= 11 is 0. The molecule has 0 atom stereocenters. The number of nitrogens with zero attached hydrogens (tertiary/aromatic N) is 1. The number of hydrogen-bond acceptors (Lipinski definition) is 2. The molecule has 0 fully saturated rings. The number of aromatic amines is 2. The minimum Gasteiger partial charge on any atom is -0.494 e. The standard InChI is InChI=1S/C19H23N3O/c1-4-5-7-14-10-13(2)16(21-14)11-18-19(23-3)12-17(22-18)15-8-6-9-20-15/h6,8-12,20-21H,4-5,7H2,1-3H3. The third kappa shape index (κ3) is 3.31. The van der Waals surface area contributed by atoms with Crippen LogP contribution in [0.5, 0.6) is 0 Å². The monoisotopic (exact) mass is 309 g/mol. The number of aromatic nitrogens is 2. The first-order valence-corrected chi connectivity index (χ1v) is 8.10. The molecule has 0 saturated carbocycles. The van der Waals surface area contributed by atoms with E-state index >= 15 is 0 Å². The maximum Gasteiger partial charge on any atom is 0.146 e. The van der Waals surface area contributed by atoms with Gasteiger partial charge in [-0.05, 0) is 49.6 Å². The van der Waals surface area contributed by atoms with Crippen molar-refractivity contribution in [1.29, 1.82) is 0 Å². The maximum absolute atomic E-state index is 5.49. The van der Waals surface area contributed by atoms with Gasteiger partial charge >= 0.3 is 0 Å². The van der Waals surface area contributed by atoms with Crippen molar-refractivity contribution in [2.45, 2.75) is 33.1 Å². The van der Waals surface area contributed by atoms with Gasteiger partial charge < -0.3 is 14.7 Å². The number of hydrogen-bond donors (Lipinski definition) is 2. The Bertz CT molecular complexity index is 761. The highest BCUT2D eigenvalue weighted by atomic mass is 16.5. The number of H-pyrrole nitrogens is 2. The number of ether oxygens (including phenoxy) is 1. The minimum atomic E-state index is 0.790. The highest BCUT2D eigenvalue weighted by Crippen LogP contribution is 2.25. The molecule has 1 aliphatic heterocycles. The lowest BCUT2D eigenvalue weighted by Gasteiger charge is -2.01. The Hall–Kier alpha value is -2.49. The number of allylic oxidation sites excluding steroid dienone is 1. The predicted molar refractivity (Wildman–Crippen MR) is 94.5 cm³/mol. The van der Waals surface area contributed by atoms with Gasteiger partial charge in [0.2, 0.25) is 0 Å². The van der Waals surface area contributed by atoms with Crippen LogP contribution < -0.4 is 0 Å². The fourth-order valence-electron chi connectivity index (χ4n) is 2.75. The van der Waals surface area contributed by atoms with Gasteiger partial charge in [-0.15, -0.1) is 0 Å². The molecule has 3 heterocycles. The summed E-state index contributed by atoms with van der Waals surface area (Å²) in [4.78, 5) is 11.4.